The Morgan fingerprint density at radius 3 is 2.50 bits per heavy atom. The molecular formula is C14H12BrF3N2. The van der Waals surface area contributed by atoms with Crippen molar-refractivity contribution in [2.24, 2.45) is 0 Å². The number of nitrogens with two attached hydrogens (primary N) is 1. The minimum Gasteiger partial charge on any atom is -0.398 e. The van der Waals surface area contributed by atoms with E-state index < -0.39 is 11.7 Å². The van der Waals surface area contributed by atoms with Gasteiger partial charge in [-0.05, 0) is 35.9 Å². The van der Waals surface area contributed by atoms with Crippen LogP contribution in [0.5, 0.6) is 0 Å². The van der Waals surface area contributed by atoms with Crippen LogP contribution in [0.2, 0.25) is 0 Å². The third kappa shape index (κ3) is 3.66. The quantitative estimate of drug-likeness (QED) is 0.794. The number of hydrogen-bond donors (Lipinski definition) is 2. The predicted octanol–water partition coefficient (Wildman–Crippen LogP) is 4.66. The molecule has 20 heavy (non-hydrogen) atoms. The standard InChI is InChI=1S/C14H12BrF3N2/c15-10-3-1-2-9(6-10)8-20-11-4-5-13(19)12(7-11)14(16,17)18/h1-7,20H,8,19H2. The molecule has 3 N–H and O–H groups in total. The van der Waals surface area contributed by atoms with Gasteiger partial charge in [0.1, 0.15) is 0 Å². The number of nitrogen functional groups attached to an aromatic ring is 1. The molecule has 0 unspecified atom stereocenters. The number of rotatable bonds is 3. The van der Waals surface area contributed by atoms with E-state index >= 15 is 0 Å². The van der Waals surface area contributed by atoms with Crippen LogP contribution in [0.25, 0.3) is 0 Å². The molecule has 2 aromatic carbocycles. The summed E-state index contributed by atoms with van der Waals surface area (Å²) in [5.41, 5.74) is 5.60. The second-order valence-electron chi connectivity index (χ2n) is 4.28. The van der Waals surface area contributed by atoms with Gasteiger partial charge in [-0.3, -0.25) is 0 Å². The summed E-state index contributed by atoms with van der Waals surface area (Å²) >= 11 is 3.34. The minimum absolute atomic E-state index is 0.273. The molecule has 2 nitrogen and oxygen atoms in total. The maximum Gasteiger partial charge on any atom is 0.418 e. The van der Waals surface area contributed by atoms with Gasteiger partial charge >= 0.3 is 6.18 Å². The molecule has 0 aromatic heterocycles. The highest BCUT2D eigenvalue weighted by Crippen LogP contribution is 2.35. The summed E-state index contributed by atoms with van der Waals surface area (Å²) in [7, 11) is 0. The van der Waals surface area contributed by atoms with E-state index in [0.717, 1.165) is 16.1 Å². The maximum atomic E-state index is 12.7. The maximum absolute atomic E-state index is 12.7. The average Bonchev–Trinajstić information content (AvgIpc) is 2.36. The first-order chi connectivity index (χ1) is 9.36. The van der Waals surface area contributed by atoms with Gasteiger partial charge in [0.15, 0.2) is 0 Å². The van der Waals surface area contributed by atoms with Gasteiger partial charge < -0.3 is 11.1 Å². The van der Waals surface area contributed by atoms with Crippen molar-refractivity contribution in [3.63, 3.8) is 0 Å². The summed E-state index contributed by atoms with van der Waals surface area (Å²) in [5.74, 6) is 0. The molecule has 0 spiro atoms. The van der Waals surface area contributed by atoms with Crippen molar-refractivity contribution in [2.75, 3.05) is 11.1 Å². The molecule has 0 atom stereocenters. The minimum atomic E-state index is -4.45. The fraction of sp³-hybridized carbons (Fsp3) is 0.143. The molecule has 106 valence electrons. The zero-order valence-electron chi connectivity index (χ0n) is 10.3. The summed E-state index contributed by atoms with van der Waals surface area (Å²) in [6.07, 6.45) is -4.45. The number of hydrogen-bond acceptors (Lipinski definition) is 2. The van der Waals surface area contributed by atoms with Crippen LogP contribution < -0.4 is 11.1 Å². The number of nitrogens with one attached hydrogen (secondary N) is 1. The van der Waals surface area contributed by atoms with Gasteiger partial charge in [-0.15, -0.1) is 0 Å². The van der Waals surface area contributed by atoms with Crippen LogP contribution in [-0.2, 0) is 12.7 Å². The molecule has 6 heteroatoms. The van der Waals surface area contributed by atoms with E-state index in [1.165, 1.54) is 12.1 Å². The first-order valence-corrected chi connectivity index (χ1v) is 6.60. The largest absolute Gasteiger partial charge is 0.418 e. The van der Waals surface area contributed by atoms with Gasteiger partial charge in [-0.1, -0.05) is 28.1 Å². The fourth-order valence-corrected chi connectivity index (χ4v) is 2.21. The molecule has 2 rings (SSSR count). The van der Waals surface area contributed by atoms with Crippen molar-refractivity contribution in [1.82, 2.24) is 0 Å². The molecule has 0 aliphatic heterocycles. The van der Waals surface area contributed by atoms with Gasteiger partial charge in [0.2, 0.25) is 0 Å². The molecule has 2 aromatic rings. The van der Waals surface area contributed by atoms with E-state index in [1.807, 2.05) is 24.3 Å². The Hall–Kier alpha value is -1.69. The van der Waals surface area contributed by atoms with E-state index in [4.69, 9.17) is 5.73 Å². The van der Waals surface area contributed by atoms with E-state index in [1.54, 1.807) is 0 Å². The highest BCUT2D eigenvalue weighted by molar-refractivity contribution is 9.10. The SMILES string of the molecule is Nc1ccc(NCc2cccc(Br)c2)cc1C(F)(F)F. The van der Waals surface area contributed by atoms with E-state index in [2.05, 4.69) is 21.2 Å². The number of benzene rings is 2. The number of halogens is 4. The predicted molar refractivity (Wildman–Crippen MR) is 77.3 cm³/mol. The second-order valence-corrected chi connectivity index (χ2v) is 5.20. The van der Waals surface area contributed by atoms with E-state index in [0.29, 0.717) is 12.2 Å². The van der Waals surface area contributed by atoms with Gasteiger partial charge in [-0.25, -0.2) is 0 Å². The lowest BCUT2D eigenvalue weighted by Gasteiger charge is -2.13. The van der Waals surface area contributed by atoms with Crippen LogP contribution in [0, 0.1) is 0 Å². The van der Waals surface area contributed by atoms with Crippen molar-refractivity contribution in [3.8, 4) is 0 Å². The smallest absolute Gasteiger partial charge is 0.398 e. The van der Waals surface area contributed by atoms with Crippen molar-refractivity contribution >= 4 is 27.3 Å². The molecule has 0 radical (unpaired) electrons. The summed E-state index contributed by atoms with van der Waals surface area (Å²) in [4.78, 5) is 0. The lowest BCUT2D eigenvalue weighted by molar-refractivity contribution is -0.136. The zero-order chi connectivity index (χ0) is 14.8. The molecule has 0 fully saturated rings. The van der Waals surface area contributed by atoms with Gasteiger partial charge in [0.05, 0.1) is 5.56 Å². The summed E-state index contributed by atoms with van der Waals surface area (Å²) < 4.78 is 39.1. The first kappa shape index (κ1) is 14.7. The molecule has 0 saturated carbocycles. The monoisotopic (exact) mass is 344 g/mol. The Bertz CT molecular complexity index is 612. The molecular weight excluding hydrogens is 333 g/mol. The van der Waals surface area contributed by atoms with Crippen LogP contribution >= 0.6 is 15.9 Å². The van der Waals surface area contributed by atoms with Gasteiger partial charge in [-0.2, -0.15) is 13.2 Å². The Morgan fingerprint density at radius 2 is 1.85 bits per heavy atom. The van der Waals surface area contributed by atoms with Crippen LogP contribution in [0.4, 0.5) is 24.5 Å². The normalized spacial score (nSPS) is 11.4. The number of alkyl halides is 3. The molecule has 0 heterocycles. The van der Waals surface area contributed by atoms with E-state index in [-0.39, 0.29) is 5.69 Å². The summed E-state index contributed by atoms with van der Waals surface area (Å²) in [5, 5.41) is 2.95. The highest BCUT2D eigenvalue weighted by Gasteiger charge is 2.33. The second kappa shape index (κ2) is 5.75. The van der Waals surface area contributed by atoms with Gasteiger partial charge in [0.25, 0.3) is 0 Å². The van der Waals surface area contributed by atoms with Gasteiger partial charge in [0, 0.05) is 22.4 Å². The van der Waals surface area contributed by atoms with Crippen LogP contribution in [0.15, 0.2) is 46.9 Å². The highest BCUT2D eigenvalue weighted by atomic mass is 79.9. The first-order valence-electron chi connectivity index (χ1n) is 5.81. The average molecular weight is 345 g/mol. The molecule has 0 amide bonds. The Morgan fingerprint density at radius 1 is 1.10 bits per heavy atom. The summed E-state index contributed by atoms with van der Waals surface area (Å²) in [6, 6.07) is 11.3. The van der Waals surface area contributed by atoms with Crippen molar-refractivity contribution < 1.29 is 13.2 Å². The Kier molecular flexibility index (Phi) is 4.23. The third-order valence-corrected chi connectivity index (χ3v) is 3.24. The lowest BCUT2D eigenvalue weighted by atomic mass is 10.1. The van der Waals surface area contributed by atoms with Crippen LogP contribution in [0.3, 0.4) is 0 Å². The summed E-state index contributed by atoms with van der Waals surface area (Å²) in [6.45, 7) is 0.431. The van der Waals surface area contributed by atoms with E-state index in [9.17, 15) is 13.2 Å². The molecule has 0 aliphatic rings. The van der Waals surface area contributed by atoms with Crippen molar-refractivity contribution in [3.05, 3.63) is 58.1 Å². The third-order valence-electron chi connectivity index (χ3n) is 2.74. The molecule has 0 bridgehead atoms. The molecule has 0 saturated heterocycles. The lowest BCUT2D eigenvalue weighted by Crippen LogP contribution is -2.10. The van der Waals surface area contributed by atoms with Crippen LogP contribution in [-0.4, -0.2) is 0 Å². The zero-order valence-corrected chi connectivity index (χ0v) is 11.9. The van der Waals surface area contributed by atoms with Crippen molar-refractivity contribution in [2.45, 2.75) is 12.7 Å². The van der Waals surface area contributed by atoms with Crippen LogP contribution in [0.1, 0.15) is 11.1 Å². The number of anilines is 2. The fourth-order valence-electron chi connectivity index (χ4n) is 1.76. The van der Waals surface area contributed by atoms with Crippen molar-refractivity contribution in [1.29, 1.82) is 0 Å². The topological polar surface area (TPSA) is 38.0 Å². The molecule has 0 aliphatic carbocycles. The Balaban J connectivity index is 2.14. The Labute approximate surface area is 122 Å².